The number of halogens is 3. The largest absolute Gasteiger partial charge is 0.490 e. The molecule has 1 fully saturated rings. The number of rotatable bonds is 11. The van der Waals surface area contributed by atoms with Crippen LogP contribution in [0.25, 0.3) is 0 Å². The van der Waals surface area contributed by atoms with Crippen molar-refractivity contribution in [3.8, 4) is 0 Å². The number of alkyl halides is 3. The molecule has 0 unspecified atom stereocenters. The Hall–Kier alpha value is -1.65. The number of carboxylic acids is 1. The topological polar surface area (TPSA) is 108 Å². The Kier molecular flexibility index (Phi) is 15.2. The summed E-state index contributed by atoms with van der Waals surface area (Å²) in [5.74, 6) is -3.00. The highest BCUT2D eigenvalue weighted by atomic mass is 19.4. The Bertz CT molecular complexity index is 542. The summed E-state index contributed by atoms with van der Waals surface area (Å²) in [6, 6.07) is 0. The van der Waals surface area contributed by atoms with Gasteiger partial charge in [0, 0.05) is 13.0 Å². The normalized spacial score (nSPS) is 23.8. The summed E-state index contributed by atoms with van der Waals surface area (Å²) in [5.41, 5.74) is 5.37. The predicted molar refractivity (Wildman–Crippen MR) is 109 cm³/mol. The number of carbonyl (C=O) groups is 2. The van der Waals surface area contributed by atoms with E-state index >= 15 is 0 Å². The zero-order chi connectivity index (χ0) is 23.9. The van der Waals surface area contributed by atoms with Crippen molar-refractivity contribution in [2.45, 2.75) is 83.3 Å². The second-order valence-corrected chi connectivity index (χ2v) is 7.42. The van der Waals surface area contributed by atoms with E-state index in [9.17, 15) is 18.0 Å². The maximum atomic E-state index is 11.6. The van der Waals surface area contributed by atoms with Gasteiger partial charge in [0.2, 0.25) is 0 Å². The fourth-order valence-corrected chi connectivity index (χ4v) is 3.10. The molecule has 0 aliphatic carbocycles. The summed E-state index contributed by atoms with van der Waals surface area (Å²) in [6.45, 7) is 4.74. The van der Waals surface area contributed by atoms with Gasteiger partial charge in [0.05, 0.1) is 13.2 Å². The number of methoxy groups -OCH3 is 1. The first-order chi connectivity index (χ1) is 14.6. The van der Waals surface area contributed by atoms with Gasteiger partial charge in [-0.05, 0) is 12.8 Å². The first kappa shape index (κ1) is 29.4. The van der Waals surface area contributed by atoms with Crippen LogP contribution in [0.4, 0.5) is 13.2 Å². The second-order valence-electron chi connectivity index (χ2n) is 7.42. The van der Waals surface area contributed by atoms with Gasteiger partial charge in [-0.1, -0.05) is 58.1 Å². The van der Waals surface area contributed by atoms with E-state index in [1.54, 1.807) is 7.11 Å². The van der Waals surface area contributed by atoms with E-state index in [-0.39, 0.29) is 24.7 Å². The average Bonchev–Trinajstić information content (AvgIpc) is 2.71. The number of carbonyl (C=O) groups excluding carboxylic acids is 1. The van der Waals surface area contributed by atoms with Crippen LogP contribution >= 0.6 is 0 Å². The Morgan fingerprint density at radius 2 is 1.74 bits per heavy atom. The molecule has 0 aromatic rings. The van der Waals surface area contributed by atoms with Gasteiger partial charge in [0.25, 0.3) is 0 Å². The Morgan fingerprint density at radius 1 is 1.16 bits per heavy atom. The number of unbranched alkanes of at least 4 members (excludes halogenated alkanes) is 6. The Morgan fingerprint density at radius 3 is 2.26 bits per heavy atom. The lowest BCUT2D eigenvalue weighted by Gasteiger charge is -2.39. The van der Waals surface area contributed by atoms with Crippen molar-refractivity contribution >= 4 is 11.9 Å². The van der Waals surface area contributed by atoms with Crippen molar-refractivity contribution in [2.75, 3.05) is 20.3 Å². The highest BCUT2D eigenvalue weighted by molar-refractivity contribution is 5.73. The molecule has 1 aliphatic rings. The van der Waals surface area contributed by atoms with Crippen molar-refractivity contribution in [1.82, 2.24) is 0 Å². The molecule has 3 N–H and O–H groups in total. The van der Waals surface area contributed by atoms with Gasteiger partial charge in [-0.3, -0.25) is 4.79 Å². The first-order valence-corrected chi connectivity index (χ1v) is 10.6. The lowest BCUT2D eigenvalue weighted by atomic mass is 9.93. The molecule has 0 bridgehead atoms. The lowest BCUT2D eigenvalue weighted by Crippen LogP contribution is -2.52. The molecule has 0 aromatic carbocycles. The molecule has 0 saturated carbocycles. The van der Waals surface area contributed by atoms with E-state index in [0.29, 0.717) is 6.61 Å². The molecule has 182 valence electrons. The van der Waals surface area contributed by atoms with Gasteiger partial charge < -0.3 is 25.1 Å². The zero-order valence-electron chi connectivity index (χ0n) is 18.5. The fourth-order valence-electron chi connectivity index (χ4n) is 3.10. The van der Waals surface area contributed by atoms with Crippen LogP contribution in [-0.4, -0.2) is 61.8 Å². The van der Waals surface area contributed by atoms with Gasteiger partial charge in [0.1, 0.15) is 12.2 Å². The molecule has 0 amide bonds. The monoisotopic (exact) mass is 455 g/mol. The molecule has 1 rings (SSSR count). The number of ether oxygens (including phenoxy) is 3. The van der Waals surface area contributed by atoms with Gasteiger partial charge in [-0.15, -0.1) is 0 Å². The van der Waals surface area contributed by atoms with Crippen molar-refractivity contribution in [2.24, 2.45) is 11.7 Å². The maximum Gasteiger partial charge on any atom is 0.490 e. The van der Waals surface area contributed by atoms with Crippen LogP contribution in [0.3, 0.4) is 0 Å². The third-order valence-corrected chi connectivity index (χ3v) is 4.76. The van der Waals surface area contributed by atoms with Crippen LogP contribution < -0.4 is 5.73 Å². The predicted octanol–water partition coefficient (Wildman–Crippen LogP) is 3.85. The van der Waals surface area contributed by atoms with Crippen LogP contribution in [-0.2, 0) is 23.8 Å². The van der Waals surface area contributed by atoms with Crippen LogP contribution in [0.1, 0.15) is 58.8 Å². The summed E-state index contributed by atoms with van der Waals surface area (Å²) in [4.78, 5) is 20.5. The second kappa shape index (κ2) is 16.0. The minimum Gasteiger partial charge on any atom is -0.475 e. The average molecular weight is 456 g/mol. The minimum absolute atomic E-state index is 0.129. The van der Waals surface area contributed by atoms with E-state index in [1.807, 2.05) is 13.0 Å². The molecule has 1 aliphatic heterocycles. The van der Waals surface area contributed by atoms with Crippen LogP contribution in [0.5, 0.6) is 0 Å². The molecule has 0 spiro atoms. The minimum atomic E-state index is -5.08. The molecule has 1 saturated heterocycles. The van der Waals surface area contributed by atoms with Crippen molar-refractivity contribution in [1.29, 1.82) is 0 Å². The number of hydrogen-bond donors (Lipinski definition) is 2. The maximum absolute atomic E-state index is 11.6. The molecule has 0 radical (unpaired) electrons. The Balaban J connectivity index is 0.00000110. The number of carboxylic acid groups (broad SMARTS) is 1. The third kappa shape index (κ3) is 12.7. The SMILES string of the molecule is CCCCCCCC/C=C/[C@@H]1OC[C@H](C)[C@H](OC)[C@H]1OC(=O)CN.O=C(O)C(F)(F)F. The molecule has 31 heavy (non-hydrogen) atoms. The lowest BCUT2D eigenvalue weighted by molar-refractivity contribution is -0.192. The van der Waals surface area contributed by atoms with E-state index in [4.69, 9.17) is 29.8 Å². The molecule has 10 heteroatoms. The van der Waals surface area contributed by atoms with Gasteiger partial charge in [-0.2, -0.15) is 13.2 Å². The van der Waals surface area contributed by atoms with Crippen molar-refractivity contribution in [3.05, 3.63) is 12.2 Å². The van der Waals surface area contributed by atoms with E-state index in [2.05, 4.69) is 13.0 Å². The van der Waals surface area contributed by atoms with Crippen LogP contribution in [0.15, 0.2) is 12.2 Å². The quantitative estimate of drug-likeness (QED) is 0.277. The number of allylic oxidation sites excluding steroid dienone is 1. The smallest absolute Gasteiger partial charge is 0.475 e. The van der Waals surface area contributed by atoms with Gasteiger partial charge in [-0.25, -0.2) is 4.79 Å². The zero-order valence-corrected chi connectivity index (χ0v) is 18.5. The van der Waals surface area contributed by atoms with Gasteiger partial charge >= 0.3 is 18.1 Å². The Labute approximate surface area is 182 Å². The van der Waals surface area contributed by atoms with Crippen LogP contribution in [0.2, 0.25) is 0 Å². The molecule has 4 atom stereocenters. The van der Waals surface area contributed by atoms with Crippen molar-refractivity contribution in [3.63, 3.8) is 0 Å². The summed E-state index contributed by atoms with van der Waals surface area (Å²) < 4.78 is 48.6. The number of hydrogen-bond acceptors (Lipinski definition) is 6. The van der Waals surface area contributed by atoms with Crippen LogP contribution in [0, 0.1) is 5.92 Å². The highest BCUT2D eigenvalue weighted by Crippen LogP contribution is 2.26. The molecule has 7 nitrogen and oxygen atoms in total. The standard InChI is InChI=1S/C19H35NO4.C2HF3O2/c1-4-5-6-7-8-9-10-11-12-16-19(24-17(21)13-20)18(22-3)15(2)14-23-16;3-2(4,5)1(6)7/h11-12,15-16,18-19H,4-10,13-14,20H2,1-3H3;(H,6,7)/b12-11+;/t15-,16-,18-,19-;/m0./s1. The highest BCUT2D eigenvalue weighted by Gasteiger charge is 2.40. The third-order valence-electron chi connectivity index (χ3n) is 4.76. The van der Waals surface area contributed by atoms with Crippen molar-refractivity contribution < 1.29 is 42.1 Å². The number of esters is 1. The number of aliphatic carboxylic acids is 1. The van der Waals surface area contributed by atoms with E-state index in [1.165, 1.54) is 38.5 Å². The number of nitrogens with two attached hydrogens (primary N) is 1. The molecular formula is C21H36F3NO6. The molecule has 1 heterocycles. The summed E-state index contributed by atoms with van der Waals surface area (Å²) in [6.07, 6.45) is 6.92. The van der Waals surface area contributed by atoms with E-state index < -0.39 is 24.2 Å². The fraction of sp³-hybridized carbons (Fsp3) is 0.810. The molecule has 0 aromatic heterocycles. The first-order valence-electron chi connectivity index (χ1n) is 10.6. The van der Waals surface area contributed by atoms with Gasteiger partial charge in [0.15, 0.2) is 6.10 Å². The van der Waals surface area contributed by atoms with E-state index in [0.717, 1.165) is 6.42 Å². The summed E-state index contributed by atoms with van der Waals surface area (Å²) in [7, 11) is 1.65. The molecular weight excluding hydrogens is 419 g/mol. The summed E-state index contributed by atoms with van der Waals surface area (Å²) >= 11 is 0. The summed E-state index contributed by atoms with van der Waals surface area (Å²) in [5, 5.41) is 7.12.